The molecule has 0 bridgehead atoms. The van der Waals surface area contributed by atoms with E-state index >= 15 is 0 Å². The van der Waals surface area contributed by atoms with Gasteiger partial charge in [0, 0.05) is 32.1 Å². The van der Waals surface area contributed by atoms with Gasteiger partial charge in [0.15, 0.2) is 11.6 Å². The van der Waals surface area contributed by atoms with E-state index in [1.165, 1.54) is 18.2 Å². The molecule has 1 fully saturated rings. The number of halogens is 3. The van der Waals surface area contributed by atoms with Crippen molar-refractivity contribution < 1.29 is 18.0 Å². The van der Waals surface area contributed by atoms with Crippen LogP contribution in [0.3, 0.4) is 0 Å². The zero-order valence-electron chi connectivity index (χ0n) is 14.8. The molecular weight excluding hydrogens is 355 g/mol. The average Bonchev–Trinajstić information content (AvgIpc) is 2.65. The second-order valence-corrected chi connectivity index (χ2v) is 6.78. The fourth-order valence-corrected chi connectivity index (χ4v) is 3.37. The highest BCUT2D eigenvalue weighted by Gasteiger charge is 2.28. The Hall–Kier alpha value is -2.38. The third-order valence-corrected chi connectivity index (χ3v) is 4.74. The number of piperazine rings is 1. The molecular formula is C20H22F3N3O. The third kappa shape index (κ3) is 4.87. The second kappa shape index (κ2) is 8.54. The number of hydrogen-bond acceptors (Lipinski definition) is 3. The molecule has 2 aromatic carbocycles. The van der Waals surface area contributed by atoms with Crippen molar-refractivity contribution in [1.29, 1.82) is 0 Å². The van der Waals surface area contributed by atoms with Gasteiger partial charge < -0.3 is 16.0 Å². The zero-order valence-corrected chi connectivity index (χ0v) is 14.8. The Labute approximate surface area is 156 Å². The number of nitrogens with zero attached hydrogens (tertiary/aromatic N) is 1. The summed E-state index contributed by atoms with van der Waals surface area (Å²) in [6, 6.07) is 9.03. The average molecular weight is 377 g/mol. The predicted molar refractivity (Wildman–Crippen MR) is 96.4 cm³/mol. The Balaban J connectivity index is 1.65. The van der Waals surface area contributed by atoms with E-state index in [9.17, 15) is 18.0 Å². The van der Waals surface area contributed by atoms with E-state index in [0.29, 0.717) is 25.2 Å². The maximum atomic E-state index is 13.3. The maximum Gasteiger partial charge on any atom is 0.224 e. The van der Waals surface area contributed by atoms with Crippen molar-refractivity contribution in [3.63, 3.8) is 0 Å². The lowest BCUT2D eigenvalue weighted by molar-refractivity contribution is -0.134. The van der Waals surface area contributed by atoms with Crippen LogP contribution in [-0.2, 0) is 11.2 Å². The summed E-state index contributed by atoms with van der Waals surface area (Å²) in [6.45, 7) is 1.77. The van der Waals surface area contributed by atoms with E-state index in [-0.39, 0.29) is 30.6 Å². The largest absolute Gasteiger partial charge is 0.333 e. The SMILES string of the molecule is N[C@@H](CC(=O)N1CCNC[C@H]1c1ccc(F)cc1)Cc1ccc(F)c(F)c1. The van der Waals surface area contributed by atoms with Crippen LogP contribution in [0.4, 0.5) is 13.2 Å². The fraction of sp³-hybridized carbons (Fsp3) is 0.350. The van der Waals surface area contributed by atoms with E-state index in [2.05, 4.69) is 5.32 Å². The maximum absolute atomic E-state index is 13.3. The Morgan fingerprint density at radius 2 is 1.89 bits per heavy atom. The van der Waals surface area contributed by atoms with Crippen LogP contribution in [0.2, 0.25) is 0 Å². The quantitative estimate of drug-likeness (QED) is 0.842. The number of nitrogens with one attached hydrogen (secondary N) is 1. The molecule has 1 heterocycles. The summed E-state index contributed by atoms with van der Waals surface area (Å²) >= 11 is 0. The molecule has 27 heavy (non-hydrogen) atoms. The summed E-state index contributed by atoms with van der Waals surface area (Å²) in [5, 5.41) is 3.24. The molecule has 1 aliphatic rings. The molecule has 2 aromatic rings. The Morgan fingerprint density at radius 3 is 2.59 bits per heavy atom. The minimum absolute atomic E-state index is 0.0939. The van der Waals surface area contributed by atoms with Crippen LogP contribution in [-0.4, -0.2) is 36.5 Å². The summed E-state index contributed by atoms with van der Waals surface area (Å²) in [7, 11) is 0. The van der Waals surface area contributed by atoms with Crippen molar-refractivity contribution in [2.75, 3.05) is 19.6 Å². The molecule has 1 aliphatic heterocycles. The Morgan fingerprint density at radius 1 is 1.15 bits per heavy atom. The monoisotopic (exact) mass is 377 g/mol. The number of amides is 1. The number of rotatable bonds is 5. The molecule has 3 N–H and O–H groups in total. The molecule has 0 aliphatic carbocycles. The molecule has 7 heteroatoms. The molecule has 3 rings (SSSR count). The van der Waals surface area contributed by atoms with Gasteiger partial charge in [-0.05, 0) is 41.8 Å². The molecule has 1 saturated heterocycles. The highest BCUT2D eigenvalue weighted by Crippen LogP contribution is 2.24. The number of carbonyl (C=O) groups is 1. The molecule has 144 valence electrons. The van der Waals surface area contributed by atoms with Crippen LogP contribution in [0.1, 0.15) is 23.6 Å². The number of hydrogen-bond donors (Lipinski definition) is 2. The zero-order chi connectivity index (χ0) is 19.4. The van der Waals surface area contributed by atoms with E-state index < -0.39 is 17.7 Å². The standard InChI is InChI=1S/C20H22F3N3O/c21-15-4-2-14(3-5-15)19-12-25-7-8-26(19)20(27)11-16(24)9-13-1-6-17(22)18(23)10-13/h1-6,10,16,19,25H,7-9,11-12,24H2/t16-,19+/m1/s1. The number of benzene rings is 2. The summed E-state index contributed by atoms with van der Waals surface area (Å²) in [5.74, 6) is -2.27. The molecule has 0 radical (unpaired) electrons. The first kappa shape index (κ1) is 19.4. The number of carbonyl (C=O) groups excluding carboxylic acids is 1. The lowest BCUT2D eigenvalue weighted by Crippen LogP contribution is -2.49. The van der Waals surface area contributed by atoms with Crippen molar-refractivity contribution in [3.8, 4) is 0 Å². The van der Waals surface area contributed by atoms with E-state index in [4.69, 9.17) is 5.73 Å². The van der Waals surface area contributed by atoms with Gasteiger partial charge in [0.1, 0.15) is 5.82 Å². The first-order valence-electron chi connectivity index (χ1n) is 8.89. The fourth-order valence-electron chi connectivity index (χ4n) is 3.37. The van der Waals surface area contributed by atoms with Gasteiger partial charge >= 0.3 is 0 Å². The van der Waals surface area contributed by atoms with Crippen LogP contribution < -0.4 is 11.1 Å². The van der Waals surface area contributed by atoms with Crippen LogP contribution in [0.25, 0.3) is 0 Å². The topological polar surface area (TPSA) is 58.4 Å². The lowest BCUT2D eigenvalue weighted by Gasteiger charge is -2.37. The van der Waals surface area contributed by atoms with Gasteiger partial charge in [0.25, 0.3) is 0 Å². The van der Waals surface area contributed by atoms with Gasteiger partial charge in [0.05, 0.1) is 6.04 Å². The Bertz CT molecular complexity index is 798. The summed E-state index contributed by atoms with van der Waals surface area (Å²) in [4.78, 5) is 14.5. The van der Waals surface area contributed by atoms with Gasteiger partial charge in [-0.1, -0.05) is 18.2 Å². The molecule has 0 saturated carbocycles. The van der Waals surface area contributed by atoms with Crippen molar-refractivity contribution >= 4 is 5.91 Å². The van der Waals surface area contributed by atoms with Crippen LogP contribution in [0.15, 0.2) is 42.5 Å². The highest BCUT2D eigenvalue weighted by molar-refractivity contribution is 5.77. The lowest BCUT2D eigenvalue weighted by atomic mass is 10.00. The smallest absolute Gasteiger partial charge is 0.224 e. The van der Waals surface area contributed by atoms with Crippen LogP contribution >= 0.6 is 0 Å². The van der Waals surface area contributed by atoms with E-state index in [1.807, 2.05) is 0 Å². The van der Waals surface area contributed by atoms with E-state index in [1.54, 1.807) is 17.0 Å². The minimum atomic E-state index is -0.926. The van der Waals surface area contributed by atoms with Gasteiger partial charge in [-0.25, -0.2) is 13.2 Å². The molecule has 0 aromatic heterocycles. The van der Waals surface area contributed by atoms with Gasteiger partial charge in [-0.2, -0.15) is 0 Å². The van der Waals surface area contributed by atoms with Gasteiger partial charge in [-0.3, -0.25) is 4.79 Å². The normalized spacial score (nSPS) is 18.4. The highest BCUT2D eigenvalue weighted by atomic mass is 19.2. The van der Waals surface area contributed by atoms with Crippen LogP contribution in [0, 0.1) is 17.5 Å². The predicted octanol–water partition coefficient (Wildman–Crippen LogP) is 2.54. The van der Waals surface area contributed by atoms with Crippen molar-refractivity contribution in [2.45, 2.75) is 24.9 Å². The molecule has 0 spiro atoms. The van der Waals surface area contributed by atoms with Crippen molar-refractivity contribution in [1.82, 2.24) is 10.2 Å². The Kier molecular flexibility index (Phi) is 6.13. The van der Waals surface area contributed by atoms with Gasteiger partial charge in [-0.15, -0.1) is 0 Å². The van der Waals surface area contributed by atoms with Crippen molar-refractivity contribution in [2.24, 2.45) is 5.73 Å². The van der Waals surface area contributed by atoms with Crippen LogP contribution in [0.5, 0.6) is 0 Å². The molecule has 2 atom stereocenters. The van der Waals surface area contributed by atoms with Gasteiger partial charge in [0.2, 0.25) is 5.91 Å². The first-order chi connectivity index (χ1) is 12.9. The first-order valence-corrected chi connectivity index (χ1v) is 8.89. The summed E-state index contributed by atoms with van der Waals surface area (Å²) in [5.41, 5.74) is 7.48. The molecule has 1 amide bonds. The molecule has 4 nitrogen and oxygen atoms in total. The summed E-state index contributed by atoms with van der Waals surface area (Å²) in [6.07, 6.45) is 0.368. The number of nitrogens with two attached hydrogens (primary N) is 1. The minimum Gasteiger partial charge on any atom is -0.333 e. The second-order valence-electron chi connectivity index (χ2n) is 6.78. The van der Waals surface area contributed by atoms with E-state index in [0.717, 1.165) is 17.7 Å². The summed E-state index contributed by atoms with van der Waals surface area (Å²) < 4.78 is 39.5. The molecule has 0 unspecified atom stereocenters. The van der Waals surface area contributed by atoms with Crippen molar-refractivity contribution in [3.05, 3.63) is 71.0 Å². The third-order valence-electron chi connectivity index (χ3n) is 4.74.